The predicted molar refractivity (Wildman–Crippen MR) is 29.4 cm³/mol. The van der Waals surface area contributed by atoms with E-state index in [-0.39, 0.29) is 17.9 Å². The first-order valence-electron chi connectivity index (χ1n) is 1.43. The highest BCUT2D eigenvalue weighted by Crippen LogP contribution is 1.62. The topological polar surface area (TPSA) is 60.2 Å². The second-order valence-corrected chi connectivity index (χ2v) is 0.761. The number of aromatic nitrogens is 2. The smallest absolute Gasteiger partial charge is 0.0919 e. The first-order valence-corrected chi connectivity index (χ1v) is 1.43. The molecule has 1 heterocycles. The van der Waals surface area contributed by atoms with Crippen LogP contribution in [0.3, 0.4) is 0 Å². The van der Waals surface area contributed by atoms with Crippen molar-refractivity contribution in [1.82, 2.24) is 9.97 Å². The third-order valence-electron chi connectivity index (χ3n) is 0.406. The lowest BCUT2D eigenvalue weighted by Gasteiger charge is -1.46. The van der Waals surface area contributed by atoms with E-state index in [1.165, 1.54) is 0 Å². The van der Waals surface area contributed by atoms with Gasteiger partial charge in [-0.05, 0) is 0 Å². The van der Waals surface area contributed by atoms with E-state index in [0.29, 0.717) is 0 Å². The maximum atomic E-state index is 3.67. The van der Waals surface area contributed by atoms with Crippen LogP contribution in [0.4, 0.5) is 0 Å². The van der Waals surface area contributed by atoms with Gasteiger partial charge < -0.3 is 10.5 Å². The Bertz CT molecular complexity index is 69.4. The van der Waals surface area contributed by atoms with Crippen LogP contribution in [0.25, 0.3) is 0 Å². The van der Waals surface area contributed by atoms with Gasteiger partial charge in [0.1, 0.15) is 0 Å². The van der Waals surface area contributed by atoms with Crippen LogP contribution in [0.2, 0.25) is 0 Å². The molecule has 0 unspecified atom stereocenters. The highest BCUT2D eigenvalue weighted by atomic mass is 35.5. The van der Waals surface area contributed by atoms with Crippen molar-refractivity contribution in [2.75, 3.05) is 0 Å². The van der Waals surface area contributed by atoms with Crippen molar-refractivity contribution in [1.29, 1.82) is 0 Å². The highest BCUT2D eigenvalue weighted by Gasteiger charge is 1.56. The average Bonchev–Trinajstić information content (AvgIpc) is 1.76. The van der Waals surface area contributed by atoms with Crippen molar-refractivity contribution in [3.63, 3.8) is 0 Å². The summed E-state index contributed by atoms with van der Waals surface area (Å²) in [5.74, 6) is 0. The van der Waals surface area contributed by atoms with Crippen molar-refractivity contribution in [3.05, 3.63) is 18.7 Å². The lowest BCUT2D eigenvalue weighted by Crippen LogP contribution is -1.44. The van der Waals surface area contributed by atoms with E-state index in [1.807, 2.05) is 0 Å². The summed E-state index contributed by atoms with van der Waals surface area (Å²) in [6.07, 6.45) is 5.08. The second-order valence-electron chi connectivity index (χ2n) is 0.761. The zero-order valence-corrected chi connectivity index (χ0v) is 4.40. The number of hydrogen-bond donors (Lipinski definition) is 1. The van der Waals surface area contributed by atoms with Crippen molar-refractivity contribution in [3.8, 4) is 0 Å². The molecule has 0 saturated carbocycles. The molecule has 0 aliphatic heterocycles. The number of nitrogens with zero attached hydrogens (tertiary/aromatic N) is 1. The molecule has 0 fully saturated rings. The molecule has 0 aliphatic carbocycles. The Balaban J connectivity index is 0. The quantitative estimate of drug-likeness (QED) is 0.518. The average molecular weight is 123 g/mol. The fourth-order valence-corrected chi connectivity index (χ4v) is 0.215. The van der Waals surface area contributed by atoms with Gasteiger partial charge in [0, 0.05) is 12.4 Å². The van der Waals surface area contributed by atoms with Gasteiger partial charge in [-0.1, -0.05) is 0 Å². The van der Waals surface area contributed by atoms with Crippen LogP contribution in [0.15, 0.2) is 18.7 Å². The molecule has 0 amide bonds. The van der Waals surface area contributed by atoms with E-state index < -0.39 is 0 Å². The third-order valence-corrected chi connectivity index (χ3v) is 0.406. The van der Waals surface area contributed by atoms with Gasteiger partial charge in [-0.15, -0.1) is 12.4 Å². The van der Waals surface area contributed by atoms with Crippen LogP contribution >= 0.6 is 12.4 Å². The first kappa shape index (κ1) is 9.68. The summed E-state index contributed by atoms with van der Waals surface area (Å²) < 4.78 is 0. The maximum absolute atomic E-state index is 3.67. The van der Waals surface area contributed by atoms with Crippen LogP contribution in [0.1, 0.15) is 0 Å². The number of aromatic amines is 1. The molecule has 0 bridgehead atoms. The Labute approximate surface area is 47.5 Å². The molecule has 0 radical (unpaired) electrons. The first-order chi connectivity index (χ1) is 2.50. The summed E-state index contributed by atoms with van der Waals surface area (Å²) in [4.78, 5) is 6.42. The molecule has 0 saturated heterocycles. The van der Waals surface area contributed by atoms with Gasteiger partial charge in [0.25, 0.3) is 0 Å². The molecule has 4 heteroatoms. The predicted octanol–water partition coefficient (Wildman–Crippen LogP) is 0.00680. The molecule has 42 valence electrons. The molecule has 3 N–H and O–H groups in total. The van der Waals surface area contributed by atoms with Crippen LogP contribution < -0.4 is 0 Å². The summed E-state index contributed by atoms with van der Waals surface area (Å²) >= 11 is 0. The van der Waals surface area contributed by atoms with E-state index in [4.69, 9.17) is 0 Å². The molecule has 1 aromatic heterocycles. The largest absolute Gasteiger partial charge is 0.412 e. The Kier molecular flexibility index (Phi) is 7.55. The van der Waals surface area contributed by atoms with Crippen LogP contribution in [-0.2, 0) is 0 Å². The number of hydrogen-bond acceptors (Lipinski definition) is 1. The maximum Gasteiger partial charge on any atom is 0.0919 e. The number of H-pyrrole nitrogens is 1. The van der Waals surface area contributed by atoms with Gasteiger partial charge in [0.2, 0.25) is 0 Å². The zero-order valence-electron chi connectivity index (χ0n) is 3.59. The van der Waals surface area contributed by atoms with Gasteiger partial charge in [-0.25, -0.2) is 4.98 Å². The number of rotatable bonds is 0. The zero-order chi connectivity index (χ0) is 3.54. The molecule has 1 aromatic rings. The van der Waals surface area contributed by atoms with Crippen LogP contribution in [-0.4, -0.2) is 15.4 Å². The Morgan fingerprint density at radius 2 is 2.14 bits per heavy atom. The van der Waals surface area contributed by atoms with E-state index in [1.54, 1.807) is 18.7 Å². The van der Waals surface area contributed by atoms with Crippen LogP contribution in [0.5, 0.6) is 0 Å². The van der Waals surface area contributed by atoms with E-state index in [0.717, 1.165) is 0 Å². The lowest BCUT2D eigenvalue weighted by molar-refractivity contribution is 0.824. The summed E-state index contributed by atoms with van der Waals surface area (Å²) in [6.45, 7) is 0. The highest BCUT2D eigenvalue weighted by molar-refractivity contribution is 5.85. The fraction of sp³-hybridized carbons (Fsp3) is 0. The summed E-state index contributed by atoms with van der Waals surface area (Å²) in [5, 5.41) is 0. The molecular weight excluding hydrogens is 115 g/mol. The van der Waals surface area contributed by atoms with Crippen molar-refractivity contribution in [2.24, 2.45) is 0 Å². The van der Waals surface area contributed by atoms with Crippen LogP contribution in [0, 0.1) is 0 Å². The number of nitrogens with one attached hydrogen (secondary N) is 1. The number of halogens is 1. The summed E-state index contributed by atoms with van der Waals surface area (Å²) in [5.41, 5.74) is 0. The van der Waals surface area contributed by atoms with Gasteiger partial charge in [-0.2, -0.15) is 0 Å². The molecule has 3 nitrogen and oxygen atoms in total. The minimum atomic E-state index is 0. The van der Waals surface area contributed by atoms with Gasteiger partial charge in [0.15, 0.2) is 0 Å². The Morgan fingerprint density at radius 3 is 2.29 bits per heavy atom. The minimum absolute atomic E-state index is 0. The monoisotopic (exact) mass is 122 g/mol. The Hall–Kier alpha value is -0.540. The molecule has 0 aromatic carbocycles. The van der Waals surface area contributed by atoms with E-state index in [2.05, 4.69) is 9.97 Å². The molecule has 0 aliphatic rings. The van der Waals surface area contributed by atoms with E-state index in [9.17, 15) is 0 Å². The lowest BCUT2D eigenvalue weighted by atomic mass is 11.0. The van der Waals surface area contributed by atoms with Gasteiger partial charge in [-0.3, -0.25) is 0 Å². The van der Waals surface area contributed by atoms with E-state index >= 15 is 0 Å². The van der Waals surface area contributed by atoms with Gasteiger partial charge in [0.05, 0.1) is 6.33 Å². The molecule has 1 rings (SSSR count). The summed E-state index contributed by atoms with van der Waals surface area (Å²) in [7, 11) is 0. The molecule has 0 atom stereocenters. The number of imidazole rings is 1. The summed E-state index contributed by atoms with van der Waals surface area (Å²) in [6, 6.07) is 0. The Morgan fingerprint density at radius 1 is 1.43 bits per heavy atom. The van der Waals surface area contributed by atoms with Crippen molar-refractivity contribution < 1.29 is 5.48 Å². The SMILES string of the molecule is Cl.O.c1c[nH]cn1. The minimum Gasteiger partial charge on any atom is -0.412 e. The molecule has 7 heavy (non-hydrogen) atoms. The standard InChI is InChI=1S/C3H4N2.ClH.H2O/c1-2-5-3-4-1;;/h1-3H,(H,4,5);1H;1H2. The van der Waals surface area contributed by atoms with Crippen molar-refractivity contribution >= 4 is 12.4 Å². The molecular formula is C3H7ClN2O. The second kappa shape index (κ2) is 5.46. The fourth-order valence-electron chi connectivity index (χ4n) is 0.215. The molecule has 0 spiro atoms. The van der Waals surface area contributed by atoms with Gasteiger partial charge >= 0.3 is 0 Å². The normalized spacial score (nSPS) is 5.71. The van der Waals surface area contributed by atoms with Crippen molar-refractivity contribution in [2.45, 2.75) is 0 Å². The third kappa shape index (κ3) is 3.29.